The first kappa shape index (κ1) is 16.6. The topological polar surface area (TPSA) is 75.7 Å². The Kier molecular flexibility index (Phi) is 3.90. The van der Waals surface area contributed by atoms with Crippen LogP contribution in [0, 0.1) is 0 Å². The maximum Gasteiger partial charge on any atom is 0.573 e. The van der Waals surface area contributed by atoms with Gasteiger partial charge in [-0.05, 0) is 24.1 Å². The van der Waals surface area contributed by atoms with Gasteiger partial charge in [-0.2, -0.15) is 0 Å². The summed E-state index contributed by atoms with van der Waals surface area (Å²) in [6.07, 6.45) is -4.67. The lowest BCUT2D eigenvalue weighted by Crippen LogP contribution is -2.52. The van der Waals surface area contributed by atoms with Gasteiger partial charge in [0.2, 0.25) is 11.8 Å². The van der Waals surface area contributed by atoms with Gasteiger partial charge >= 0.3 is 6.36 Å². The van der Waals surface area contributed by atoms with Crippen molar-refractivity contribution in [3.05, 3.63) is 28.3 Å². The highest BCUT2D eigenvalue weighted by Crippen LogP contribution is 2.37. The standard InChI is InChI=1S/C14H10ClF3N2O4/c15-8-4-7-6(3-10(8)24-14(16,17)18)5-20(13(7)23)9-1-2-11(21)19-12(9)22/h3-4,9H,1-2,5H2,(H,19,21,22). The van der Waals surface area contributed by atoms with Crippen molar-refractivity contribution in [3.63, 3.8) is 0 Å². The highest BCUT2D eigenvalue weighted by Gasteiger charge is 2.40. The third kappa shape index (κ3) is 3.03. The molecule has 6 nitrogen and oxygen atoms in total. The molecule has 1 aromatic rings. The molecule has 10 heteroatoms. The summed E-state index contributed by atoms with van der Waals surface area (Å²) in [5.74, 6) is -2.17. The molecule has 24 heavy (non-hydrogen) atoms. The lowest BCUT2D eigenvalue weighted by Gasteiger charge is -2.29. The van der Waals surface area contributed by atoms with Crippen LogP contribution in [-0.4, -0.2) is 35.0 Å². The van der Waals surface area contributed by atoms with Crippen LogP contribution in [0.4, 0.5) is 13.2 Å². The monoisotopic (exact) mass is 362 g/mol. The van der Waals surface area contributed by atoms with E-state index in [4.69, 9.17) is 11.6 Å². The number of carbonyl (C=O) groups excluding carboxylic acids is 3. The fraction of sp³-hybridized carbons (Fsp3) is 0.357. The van der Waals surface area contributed by atoms with E-state index >= 15 is 0 Å². The molecule has 2 aliphatic heterocycles. The van der Waals surface area contributed by atoms with E-state index in [0.29, 0.717) is 0 Å². The number of benzene rings is 1. The Morgan fingerprint density at radius 1 is 1.25 bits per heavy atom. The first-order valence-electron chi connectivity index (χ1n) is 6.88. The second-order valence-electron chi connectivity index (χ2n) is 5.39. The average molecular weight is 363 g/mol. The third-order valence-corrected chi connectivity index (χ3v) is 4.10. The van der Waals surface area contributed by atoms with Gasteiger partial charge in [-0.1, -0.05) is 11.6 Å². The molecule has 0 aromatic heterocycles. The second kappa shape index (κ2) is 5.66. The minimum atomic E-state index is -4.91. The number of halogens is 4. The van der Waals surface area contributed by atoms with E-state index in [1.54, 1.807) is 0 Å². The van der Waals surface area contributed by atoms with Crippen molar-refractivity contribution in [2.75, 3.05) is 0 Å². The molecule has 1 N–H and O–H groups in total. The predicted octanol–water partition coefficient (Wildman–Crippen LogP) is 2.00. The zero-order chi connectivity index (χ0) is 17.6. The molecule has 2 heterocycles. The molecule has 1 aromatic carbocycles. The van der Waals surface area contributed by atoms with Crippen LogP contribution in [0.1, 0.15) is 28.8 Å². The number of carbonyl (C=O) groups is 3. The molecule has 1 unspecified atom stereocenters. The Morgan fingerprint density at radius 2 is 1.96 bits per heavy atom. The van der Waals surface area contributed by atoms with Crippen molar-refractivity contribution in [1.82, 2.24) is 10.2 Å². The summed E-state index contributed by atoms with van der Waals surface area (Å²) >= 11 is 5.74. The number of nitrogens with one attached hydrogen (secondary N) is 1. The maximum atomic E-state index is 12.4. The van der Waals surface area contributed by atoms with Gasteiger partial charge in [0.25, 0.3) is 5.91 Å². The van der Waals surface area contributed by atoms with E-state index in [0.717, 1.165) is 12.1 Å². The van der Waals surface area contributed by atoms with E-state index in [1.165, 1.54) is 4.90 Å². The summed E-state index contributed by atoms with van der Waals surface area (Å²) in [6, 6.07) is 1.27. The Labute approximate surface area is 138 Å². The Hall–Kier alpha value is -2.29. The van der Waals surface area contributed by atoms with Gasteiger partial charge in [0.1, 0.15) is 11.8 Å². The van der Waals surface area contributed by atoms with Gasteiger partial charge in [0.15, 0.2) is 0 Å². The van der Waals surface area contributed by atoms with Crippen LogP contribution in [-0.2, 0) is 16.1 Å². The Morgan fingerprint density at radius 3 is 2.58 bits per heavy atom. The number of hydrogen-bond acceptors (Lipinski definition) is 4. The van der Waals surface area contributed by atoms with Gasteiger partial charge < -0.3 is 9.64 Å². The van der Waals surface area contributed by atoms with E-state index in [9.17, 15) is 27.6 Å². The molecular weight excluding hydrogens is 353 g/mol. The van der Waals surface area contributed by atoms with Crippen LogP contribution in [0.25, 0.3) is 0 Å². The highest BCUT2D eigenvalue weighted by molar-refractivity contribution is 6.32. The van der Waals surface area contributed by atoms with Gasteiger partial charge in [0.05, 0.1) is 5.02 Å². The van der Waals surface area contributed by atoms with Crippen LogP contribution in [0.3, 0.4) is 0 Å². The van der Waals surface area contributed by atoms with Gasteiger partial charge in [-0.3, -0.25) is 19.7 Å². The van der Waals surface area contributed by atoms with Gasteiger partial charge in [-0.25, -0.2) is 0 Å². The molecule has 0 aliphatic carbocycles. The van der Waals surface area contributed by atoms with Gasteiger partial charge in [-0.15, -0.1) is 13.2 Å². The number of nitrogens with zero attached hydrogens (tertiary/aromatic N) is 1. The van der Waals surface area contributed by atoms with Crippen LogP contribution < -0.4 is 10.1 Å². The molecule has 0 spiro atoms. The van der Waals surface area contributed by atoms with Crippen molar-refractivity contribution in [2.45, 2.75) is 31.8 Å². The van der Waals surface area contributed by atoms with Crippen molar-refractivity contribution >= 4 is 29.3 Å². The molecule has 3 rings (SSSR count). The molecule has 0 bridgehead atoms. The summed E-state index contributed by atoms with van der Waals surface area (Å²) < 4.78 is 40.9. The first-order chi connectivity index (χ1) is 11.2. The first-order valence-corrected chi connectivity index (χ1v) is 7.26. The average Bonchev–Trinajstić information content (AvgIpc) is 2.75. The van der Waals surface area contributed by atoms with Gasteiger partial charge in [0, 0.05) is 18.5 Å². The van der Waals surface area contributed by atoms with Crippen molar-refractivity contribution < 1.29 is 32.3 Å². The summed E-state index contributed by atoms with van der Waals surface area (Å²) in [5.41, 5.74) is 0.382. The number of fused-ring (bicyclic) bond motifs is 1. The van der Waals surface area contributed by atoms with Crippen molar-refractivity contribution in [3.8, 4) is 5.75 Å². The zero-order valence-corrected chi connectivity index (χ0v) is 12.7. The molecule has 1 atom stereocenters. The fourth-order valence-electron chi connectivity index (χ4n) is 2.77. The predicted molar refractivity (Wildman–Crippen MR) is 74.2 cm³/mol. The quantitative estimate of drug-likeness (QED) is 0.816. The molecule has 128 valence electrons. The van der Waals surface area contributed by atoms with E-state index in [2.05, 4.69) is 10.1 Å². The second-order valence-corrected chi connectivity index (χ2v) is 5.79. The molecule has 3 amide bonds. The lowest BCUT2D eigenvalue weighted by atomic mass is 10.0. The van der Waals surface area contributed by atoms with Crippen LogP contribution in [0.2, 0.25) is 5.02 Å². The number of piperidine rings is 1. The molecule has 2 aliphatic rings. The molecule has 1 saturated heterocycles. The SMILES string of the molecule is O=C1CCC(N2Cc3cc(OC(F)(F)F)c(Cl)cc3C2=O)C(=O)N1. The zero-order valence-electron chi connectivity index (χ0n) is 11.9. The minimum absolute atomic E-state index is 0.0637. The molecule has 0 radical (unpaired) electrons. The van der Waals surface area contributed by atoms with E-state index in [1.807, 2.05) is 0 Å². The number of alkyl halides is 3. The van der Waals surface area contributed by atoms with Crippen LogP contribution in [0.5, 0.6) is 5.75 Å². The van der Waals surface area contributed by atoms with E-state index in [-0.39, 0.29) is 35.5 Å². The minimum Gasteiger partial charge on any atom is -0.404 e. The summed E-state index contributed by atoms with van der Waals surface area (Å²) in [5, 5.41) is 1.78. The largest absolute Gasteiger partial charge is 0.573 e. The molecule has 1 fully saturated rings. The highest BCUT2D eigenvalue weighted by atomic mass is 35.5. The van der Waals surface area contributed by atoms with Crippen molar-refractivity contribution in [1.29, 1.82) is 0 Å². The smallest absolute Gasteiger partial charge is 0.404 e. The fourth-order valence-corrected chi connectivity index (χ4v) is 2.97. The summed E-state index contributed by atoms with van der Waals surface area (Å²) in [6.45, 7) is -0.0637. The molecule has 0 saturated carbocycles. The normalized spacial score (nSPS) is 20.9. The third-order valence-electron chi connectivity index (χ3n) is 3.80. The van der Waals surface area contributed by atoms with E-state index < -0.39 is 35.9 Å². The number of imide groups is 1. The number of ether oxygens (including phenoxy) is 1. The Balaban J connectivity index is 1.87. The van der Waals surface area contributed by atoms with Crippen molar-refractivity contribution in [2.24, 2.45) is 0 Å². The number of rotatable bonds is 2. The van der Waals surface area contributed by atoms with Crippen LogP contribution >= 0.6 is 11.6 Å². The summed E-state index contributed by atoms with van der Waals surface area (Å²) in [4.78, 5) is 36.7. The molecular formula is C14H10ClF3N2O4. The Bertz CT molecular complexity index is 750. The van der Waals surface area contributed by atoms with Crippen LogP contribution in [0.15, 0.2) is 12.1 Å². The number of amides is 3. The maximum absolute atomic E-state index is 12.4. The lowest BCUT2D eigenvalue weighted by molar-refractivity contribution is -0.274. The number of hydrogen-bond donors (Lipinski definition) is 1. The summed E-state index contributed by atoms with van der Waals surface area (Å²) in [7, 11) is 0.